The Morgan fingerprint density at radius 3 is 2.19 bits per heavy atom. The van der Waals surface area contributed by atoms with Gasteiger partial charge in [-0.05, 0) is 31.0 Å². The van der Waals surface area contributed by atoms with Crippen LogP contribution in [0.1, 0.15) is 48.4 Å². The lowest BCUT2D eigenvalue weighted by Gasteiger charge is -2.27. The van der Waals surface area contributed by atoms with Gasteiger partial charge in [-0.25, -0.2) is 14.6 Å². The van der Waals surface area contributed by atoms with Crippen molar-refractivity contribution in [2.45, 2.75) is 32.2 Å². The first kappa shape index (κ1) is 28.9. The lowest BCUT2D eigenvalue weighted by atomic mass is 9.92. The number of hydrogen-bond donors (Lipinski definition) is 3. The minimum Gasteiger partial charge on any atom is -0.478 e. The van der Waals surface area contributed by atoms with E-state index in [1.54, 1.807) is 47.3 Å². The van der Waals surface area contributed by atoms with Crippen LogP contribution in [0, 0.1) is 10.1 Å². The Morgan fingerprint density at radius 1 is 1.08 bits per heavy atom. The summed E-state index contributed by atoms with van der Waals surface area (Å²) >= 11 is 6.20. The van der Waals surface area contributed by atoms with Crippen LogP contribution in [0.4, 0.5) is 5.69 Å². The van der Waals surface area contributed by atoms with Gasteiger partial charge in [0.25, 0.3) is 5.69 Å². The van der Waals surface area contributed by atoms with Crippen molar-refractivity contribution in [1.29, 1.82) is 0 Å². The Labute approximate surface area is 217 Å². The average Bonchev–Trinajstić information content (AvgIpc) is 3.37. The summed E-state index contributed by atoms with van der Waals surface area (Å²) in [7, 11) is 0. The Balaban J connectivity index is 0.000000521. The zero-order chi connectivity index (χ0) is 27.8. The fourth-order valence-corrected chi connectivity index (χ4v) is 3.62. The molecule has 0 atom stereocenters. The summed E-state index contributed by atoms with van der Waals surface area (Å²) in [6, 6.07) is 10.8. The molecule has 1 aromatic heterocycles. The Hall–Kier alpha value is -4.35. The van der Waals surface area contributed by atoms with Crippen LogP contribution in [0.2, 0.25) is 5.02 Å². The van der Waals surface area contributed by atoms with E-state index >= 15 is 0 Å². The molecule has 0 aliphatic heterocycles. The van der Waals surface area contributed by atoms with Gasteiger partial charge in [-0.2, -0.15) is 0 Å². The number of aromatic nitrogens is 2. The van der Waals surface area contributed by atoms with Crippen molar-refractivity contribution < 1.29 is 29.5 Å². The van der Waals surface area contributed by atoms with Crippen molar-refractivity contribution in [2.75, 3.05) is 0 Å². The van der Waals surface area contributed by atoms with E-state index in [-0.39, 0.29) is 21.8 Å². The normalized spacial score (nSPS) is 11.0. The summed E-state index contributed by atoms with van der Waals surface area (Å²) in [6.45, 7) is 3.93. The second-order valence-electron chi connectivity index (χ2n) is 7.76. The number of imidazole rings is 1. The van der Waals surface area contributed by atoms with Crippen molar-refractivity contribution in [3.63, 3.8) is 0 Å². The molecule has 0 saturated heterocycles. The molecule has 3 aromatic rings. The maximum atomic E-state index is 13.3. The monoisotopic (exact) mass is 528 g/mol. The number of aliphatic carboxylic acids is 2. The minimum absolute atomic E-state index is 0.154. The number of carbonyl (C=O) groups excluding carboxylic acids is 1. The van der Waals surface area contributed by atoms with E-state index in [2.05, 4.69) is 4.98 Å². The SMILES string of the molecule is CCC(N)(CC)c1nccn1-c1ccc([N+](=O)[O-])cc1C(=O)c1ccccc1Cl.O=C(O)/C=C/C(=O)O. The number of ketones is 1. The van der Waals surface area contributed by atoms with Crippen LogP contribution in [-0.4, -0.2) is 42.4 Å². The number of hydrogen-bond acceptors (Lipinski definition) is 7. The summed E-state index contributed by atoms with van der Waals surface area (Å²) in [5.41, 5.74) is 6.54. The van der Waals surface area contributed by atoms with E-state index in [9.17, 15) is 24.5 Å². The molecule has 0 amide bonds. The Kier molecular flexibility index (Phi) is 9.81. The second-order valence-corrected chi connectivity index (χ2v) is 8.17. The number of carboxylic acids is 2. The molecule has 0 aliphatic rings. The third-order valence-electron chi connectivity index (χ3n) is 5.53. The Morgan fingerprint density at radius 2 is 1.68 bits per heavy atom. The van der Waals surface area contributed by atoms with Gasteiger partial charge in [0.2, 0.25) is 0 Å². The summed E-state index contributed by atoms with van der Waals surface area (Å²) in [5, 5.41) is 27.2. The van der Waals surface area contributed by atoms with Gasteiger partial charge >= 0.3 is 11.9 Å². The van der Waals surface area contributed by atoms with Crippen molar-refractivity contribution in [3.8, 4) is 5.69 Å². The van der Waals surface area contributed by atoms with E-state index in [0.29, 0.717) is 36.5 Å². The number of benzene rings is 2. The maximum absolute atomic E-state index is 13.3. The lowest BCUT2D eigenvalue weighted by Crippen LogP contribution is -2.38. The number of nitrogens with zero attached hydrogens (tertiary/aromatic N) is 3. The molecule has 12 heteroatoms. The highest BCUT2D eigenvalue weighted by Crippen LogP contribution is 2.31. The van der Waals surface area contributed by atoms with Gasteiger partial charge in [-0.1, -0.05) is 37.6 Å². The quantitative estimate of drug-likeness (QED) is 0.157. The van der Waals surface area contributed by atoms with E-state index in [1.807, 2.05) is 13.8 Å². The summed E-state index contributed by atoms with van der Waals surface area (Å²) in [5.74, 6) is -2.34. The highest BCUT2D eigenvalue weighted by Gasteiger charge is 2.30. The molecule has 0 aliphatic carbocycles. The van der Waals surface area contributed by atoms with E-state index < -0.39 is 28.2 Å². The molecule has 0 bridgehead atoms. The molecule has 194 valence electrons. The lowest BCUT2D eigenvalue weighted by molar-refractivity contribution is -0.384. The predicted molar refractivity (Wildman–Crippen MR) is 136 cm³/mol. The summed E-state index contributed by atoms with van der Waals surface area (Å²) in [4.78, 5) is 47.6. The van der Waals surface area contributed by atoms with Crippen LogP contribution in [0.3, 0.4) is 0 Å². The largest absolute Gasteiger partial charge is 0.478 e. The van der Waals surface area contributed by atoms with Crippen LogP contribution in [0.25, 0.3) is 5.69 Å². The molecule has 37 heavy (non-hydrogen) atoms. The van der Waals surface area contributed by atoms with Crippen LogP contribution in [0.5, 0.6) is 0 Å². The zero-order valence-corrected chi connectivity index (χ0v) is 20.8. The smallest absolute Gasteiger partial charge is 0.328 e. The zero-order valence-electron chi connectivity index (χ0n) is 20.0. The summed E-state index contributed by atoms with van der Waals surface area (Å²) < 4.78 is 1.72. The first-order valence-corrected chi connectivity index (χ1v) is 11.4. The van der Waals surface area contributed by atoms with Crippen LogP contribution < -0.4 is 5.73 Å². The number of carbonyl (C=O) groups is 3. The third-order valence-corrected chi connectivity index (χ3v) is 5.86. The average molecular weight is 529 g/mol. The molecular formula is C25H25ClN4O7. The minimum atomic E-state index is -1.26. The molecule has 3 rings (SSSR count). The van der Waals surface area contributed by atoms with Crippen molar-refractivity contribution in [1.82, 2.24) is 9.55 Å². The number of nitro groups is 1. The molecule has 0 fully saturated rings. The van der Waals surface area contributed by atoms with E-state index in [0.717, 1.165) is 0 Å². The van der Waals surface area contributed by atoms with Gasteiger partial charge in [0.15, 0.2) is 5.78 Å². The molecule has 0 saturated carbocycles. The molecule has 1 heterocycles. The van der Waals surface area contributed by atoms with Crippen molar-refractivity contribution in [3.05, 3.63) is 99.1 Å². The van der Waals surface area contributed by atoms with Crippen LogP contribution in [0.15, 0.2) is 67.0 Å². The molecular weight excluding hydrogens is 504 g/mol. The van der Waals surface area contributed by atoms with Gasteiger partial charge in [0.05, 0.1) is 26.7 Å². The number of halogens is 1. The maximum Gasteiger partial charge on any atom is 0.328 e. The number of nitro benzene ring substituents is 1. The fourth-order valence-electron chi connectivity index (χ4n) is 3.40. The van der Waals surface area contributed by atoms with Gasteiger partial charge in [0.1, 0.15) is 5.82 Å². The first-order valence-electron chi connectivity index (χ1n) is 11.0. The number of carboxylic acid groups (broad SMARTS) is 2. The molecule has 4 N–H and O–H groups in total. The third kappa shape index (κ3) is 7.09. The van der Waals surface area contributed by atoms with Crippen molar-refractivity contribution in [2.24, 2.45) is 5.73 Å². The molecule has 0 unspecified atom stereocenters. The van der Waals surface area contributed by atoms with Gasteiger partial charge in [0, 0.05) is 42.2 Å². The highest BCUT2D eigenvalue weighted by atomic mass is 35.5. The van der Waals surface area contributed by atoms with Crippen LogP contribution >= 0.6 is 11.6 Å². The van der Waals surface area contributed by atoms with Gasteiger partial charge in [-0.3, -0.25) is 14.9 Å². The van der Waals surface area contributed by atoms with Crippen LogP contribution in [-0.2, 0) is 15.1 Å². The van der Waals surface area contributed by atoms with Gasteiger partial charge in [-0.15, -0.1) is 0 Å². The van der Waals surface area contributed by atoms with Gasteiger partial charge < -0.3 is 20.5 Å². The number of nitrogens with two attached hydrogens (primary N) is 1. The molecule has 0 radical (unpaired) electrons. The number of non-ortho nitro benzene ring substituents is 1. The fraction of sp³-hybridized carbons (Fsp3) is 0.200. The van der Waals surface area contributed by atoms with Crippen molar-refractivity contribution >= 4 is 35.0 Å². The molecule has 2 aromatic carbocycles. The number of rotatable bonds is 9. The molecule has 11 nitrogen and oxygen atoms in total. The summed E-state index contributed by atoms with van der Waals surface area (Å²) in [6.07, 6.45) is 5.70. The molecule has 0 spiro atoms. The first-order chi connectivity index (χ1) is 17.4. The predicted octanol–water partition coefficient (Wildman–Crippen LogP) is 4.35. The van der Waals surface area contributed by atoms with E-state index in [1.165, 1.54) is 12.1 Å². The second kappa shape index (κ2) is 12.6. The topological polar surface area (TPSA) is 179 Å². The Bertz CT molecular complexity index is 1330. The highest BCUT2D eigenvalue weighted by molar-refractivity contribution is 6.35. The standard InChI is InChI=1S/C21H21ClN4O3.C4H4O4/c1-3-21(23,4-2)20-24-11-12-25(20)18-10-9-14(26(28)29)13-16(18)19(27)15-7-5-6-8-17(15)22;5-3(6)1-2-4(7)8/h5-13H,3-4,23H2,1-2H3;1-2H,(H,5,6)(H,7,8)/b;2-1+. The van der Waals surface area contributed by atoms with E-state index in [4.69, 9.17) is 27.5 Å².